The fourth-order valence-corrected chi connectivity index (χ4v) is 2.12. The van der Waals surface area contributed by atoms with Gasteiger partial charge in [-0.05, 0) is 30.0 Å². The van der Waals surface area contributed by atoms with Crippen molar-refractivity contribution in [3.05, 3.63) is 68.1 Å². The van der Waals surface area contributed by atoms with Gasteiger partial charge in [0.1, 0.15) is 0 Å². The second kappa shape index (κ2) is 5.16. The van der Waals surface area contributed by atoms with Crippen LogP contribution >= 0.6 is 0 Å². The number of benzene rings is 1. The fourth-order valence-electron chi connectivity index (χ4n) is 2.12. The van der Waals surface area contributed by atoms with Crippen molar-refractivity contribution < 1.29 is 4.92 Å². The van der Waals surface area contributed by atoms with Gasteiger partial charge in [0.05, 0.1) is 11.1 Å². The van der Waals surface area contributed by atoms with Crippen molar-refractivity contribution in [2.45, 2.75) is 33.1 Å². The minimum absolute atomic E-state index is 0.0160. The Kier molecular flexibility index (Phi) is 3.68. The van der Waals surface area contributed by atoms with E-state index in [4.69, 9.17) is 0 Å². The van der Waals surface area contributed by atoms with Crippen LogP contribution in [0.15, 0.2) is 41.3 Å². The molecule has 1 heterocycles. The van der Waals surface area contributed by atoms with E-state index >= 15 is 0 Å². The highest BCUT2D eigenvalue weighted by Crippen LogP contribution is 2.23. The van der Waals surface area contributed by atoms with Crippen molar-refractivity contribution >= 4 is 5.69 Å². The summed E-state index contributed by atoms with van der Waals surface area (Å²) >= 11 is 0. The van der Waals surface area contributed by atoms with Crippen molar-refractivity contribution in [3.63, 3.8) is 0 Å². The van der Waals surface area contributed by atoms with Crippen molar-refractivity contribution in [3.8, 4) is 5.69 Å². The van der Waals surface area contributed by atoms with Crippen LogP contribution in [-0.4, -0.2) is 9.49 Å². The van der Waals surface area contributed by atoms with E-state index in [9.17, 15) is 14.9 Å². The van der Waals surface area contributed by atoms with E-state index in [1.807, 2.05) is 24.3 Å². The summed E-state index contributed by atoms with van der Waals surface area (Å²) in [7, 11) is 0. The summed E-state index contributed by atoms with van der Waals surface area (Å²) in [5.74, 6) is 0. The van der Waals surface area contributed by atoms with Crippen LogP contribution in [-0.2, 0) is 5.41 Å². The molecule has 0 bridgehead atoms. The van der Waals surface area contributed by atoms with E-state index in [2.05, 4.69) is 20.8 Å². The Balaban J connectivity index is 2.56. The maximum absolute atomic E-state index is 12.2. The number of aryl methyl sites for hydroxylation is 1. The fraction of sp³-hybridized carbons (Fsp3) is 0.312. The molecule has 1 aromatic heterocycles. The Hall–Kier alpha value is -2.43. The summed E-state index contributed by atoms with van der Waals surface area (Å²) in [5.41, 5.74) is 1.80. The van der Waals surface area contributed by atoms with Gasteiger partial charge in [-0.15, -0.1) is 0 Å². The third-order valence-electron chi connectivity index (χ3n) is 3.40. The van der Waals surface area contributed by atoms with Crippen LogP contribution in [0.2, 0.25) is 0 Å². The van der Waals surface area contributed by atoms with Crippen molar-refractivity contribution in [2.24, 2.45) is 0 Å². The Bertz CT molecular complexity index is 738. The Labute approximate surface area is 123 Å². The van der Waals surface area contributed by atoms with Gasteiger partial charge in [-0.3, -0.25) is 19.5 Å². The molecule has 5 heteroatoms. The summed E-state index contributed by atoms with van der Waals surface area (Å²) in [5, 5.41) is 10.9. The highest BCUT2D eigenvalue weighted by molar-refractivity contribution is 5.41. The molecule has 0 spiro atoms. The number of nitro groups is 1. The third kappa shape index (κ3) is 3.02. The zero-order valence-corrected chi connectivity index (χ0v) is 12.6. The standard InChI is InChI=1S/C16H18N2O3/c1-11-9-14(18(20)21)10-17(15(11)19)13-7-5-12(6-8-13)16(2,3)4/h5-10H,1-4H3. The van der Waals surface area contributed by atoms with Gasteiger partial charge >= 0.3 is 0 Å². The van der Waals surface area contributed by atoms with Gasteiger partial charge in [-0.25, -0.2) is 0 Å². The van der Waals surface area contributed by atoms with Crippen LogP contribution in [0, 0.1) is 17.0 Å². The van der Waals surface area contributed by atoms with E-state index in [-0.39, 0.29) is 16.7 Å². The van der Waals surface area contributed by atoms with Gasteiger partial charge in [0.25, 0.3) is 11.2 Å². The maximum atomic E-state index is 12.2. The summed E-state index contributed by atoms with van der Waals surface area (Å²) in [6, 6.07) is 8.80. The third-order valence-corrected chi connectivity index (χ3v) is 3.40. The number of nitrogens with zero attached hydrogens (tertiary/aromatic N) is 2. The van der Waals surface area contributed by atoms with Gasteiger partial charge in [-0.1, -0.05) is 32.9 Å². The second-order valence-corrected chi connectivity index (χ2v) is 6.11. The summed E-state index contributed by atoms with van der Waals surface area (Å²) < 4.78 is 1.32. The minimum atomic E-state index is -0.494. The smallest absolute Gasteiger partial charge is 0.277 e. The first kappa shape index (κ1) is 15.0. The zero-order valence-electron chi connectivity index (χ0n) is 12.6. The molecular formula is C16H18N2O3. The maximum Gasteiger partial charge on any atom is 0.286 e. The largest absolute Gasteiger partial charge is 0.286 e. The molecule has 0 saturated carbocycles. The molecule has 0 aliphatic carbocycles. The molecule has 1 aromatic carbocycles. The zero-order chi connectivity index (χ0) is 15.8. The molecule has 0 amide bonds. The van der Waals surface area contributed by atoms with Crippen molar-refractivity contribution in [2.75, 3.05) is 0 Å². The lowest BCUT2D eigenvalue weighted by Crippen LogP contribution is -2.20. The molecule has 110 valence electrons. The van der Waals surface area contributed by atoms with E-state index in [0.29, 0.717) is 11.3 Å². The minimum Gasteiger partial charge on any atom is -0.277 e. The normalized spacial score (nSPS) is 11.4. The second-order valence-electron chi connectivity index (χ2n) is 6.11. The molecule has 0 saturated heterocycles. The van der Waals surface area contributed by atoms with Crippen LogP contribution in [0.5, 0.6) is 0 Å². The average Bonchev–Trinajstić information content (AvgIpc) is 2.40. The average molecular weight is 286 g/mol. The van der Waals surface area contributed by atoms with Crippen molar-refractivity contribution in [1.82, 2.24) is 4.57 Å². The van der Waals surface area contributed by atoms with Crippen LogP contribution in [0.1, 0.15) is 31.9 Å². The number of rotatable bonds is 2. The predicted molar refractivity (Wildman–Crippen MR) is 82.1 cm³/mol. The lowest BCUT2D eigenvalue weighted by molar-refractivity contribution is -0.385. The SMILES string of the molecule is Cc1cc([N+](=O)[O-])cn(-c2ccc(C(C)(C)C)cc2)c1=O. The lowest BCUT2D eigenvalue weighted by atomic mass is 9.87. The molecule has 0 radical (unpaired) electrons. The molecule has 0 aliphatic rings. The Morgan fingerprint density at radius 1 is 1.14 bits per heavy atom. The van der Waals surface area contributed by atoms with Crippen LogP contribution in [0.3, 0.4) is 0 Å². The first-order valence-electron chi connectivity index (χ1n) is 6.69. The molecular weight excluding hydrogens is 268 g/mol. The summed E-state index contributed by atoms with van der Waals surface area (Å²) in [6.45, 7) is 7.89. The molecule has 2 aromatic rings. The topological polar surface area (TPSA) is 65.1 Å². The van der Waals surface area contributed by atoms with Gasteiger partial charge in [-0.2, -0.15) is 0 Å². The van der Waals surface area contributed by atoms with Gasteiger partial charge < -0.3 is 0 Å². The molecule has 0 aliphatic heterocycles. The molecule has 21 heavy (non-hydrogen) atoms. The van der Waals surface area contributed by atoms with Gasteiger partial charge in [0.2, 0.25) is 0 Å². The lowest BCUT2D eigenvalue weighted by Gasteiger charge is -2.19. The van der Waals surface area contributed by atoms with Crippen LogP contribution < -0.4 is 5.56 Å². The Morgan fingerprint density at radius 3 is 2.19 bits per heavy atom. The Morgan fingerprint density at radius 2 is 1.71 bits per heavy atom. The van der Waals surface area contributed by atoms with Gasteiger partial charge in [0, 0.05) is 17.3 Å². The van der Waals surface area contributed by atoms with Gasteiger partial charge in [0.15, 0.2) is 0 Å². The van der Waals surface area contributed by atoms with E-state index in [1.54, 1.807) is 6.92 Å². The van der Waals surface area contributed by atoms with Crippen molar-refractivity contribution in [1.29, 1.82) is 0 Å². The summed E-state index contributed by atoms with van der Waals surface area (Å²) in [4.78, 5) is 22.6. The highest BCUT2D eigenvalue weighted by Gasteiger charge is 2.15. The molecule has 5 nitrogen and oxygen atoms in total. The van der Waals surface area contributed by atoms with Crippen LogP contribution in [0.4, 0.5) is 5.69 Å². The number of hydrogen-bond acceptors (Lipinski definition) is 3. The molecule has 0 N–H and O–H groups in total. The first-order valence-corrected chi connectivity index (χ1v) is 6.69. The molecule has 0 fully saturated rings. The first-order chi connectivity index (χ1) is 9.70. The predicted octanol–water partition coefficient (Wildman–Crippen LogP) is 3.35. The number of pyridine rings is 1. The molecule has 2 rings (SSSR count). The number of aromatic nitrogens is 1. The molecule has 0 atom stereocenters. The molecule has 0 unspecified atom stereocenters. The number of hydrogen-bond donors (Lipinski definition) is 0. The monoisotopic (exact) mass is 286 g/mol. The van der Waals surface area contributed by atoms with E-state index in [1.165, 1.54) is 16.8 Å². The van der Waals surface area contributed by atoms with Crippen LogP contribution in [0.25, 0.3) is 5.69 Å². The van der Waals surface area contributed by atoms with E-state index in [0.717, 1.165) is 5.56 Å². The van der Waals surface area contributed by atoms with E-state index < -0.39 is 4.92 Å². The summed E-state index contributed by atoms with van der Waals surface area (Å²) in [6.07, 6.45) is 1.27. The quantitative estimate of drug-likeness (QED) is 0.628. The highest BCUT2D eigenvalue weighted by atomic mass is 16.6.